The fourth-order valence-corrected chi connectivity index (χ4v) is 3.90. The first-order valence-electron chi connectivity index (χ1n) is 11.3. The number of carbonyl (C=O) groups excluding carboxylic acids is 2. The van der Waals surface area contributed by atoms with Gasteiger partial charge in [0.1, 0.15) is 0 Å². The molecule has 0 saturated carbocycles. The Morgan fingerprint density at radius 2 is 1.86 bits per heavy atom. The highest BCUT2D eigenvalue weighted by atomic mass is 127. The number of rotatable bonds is 6. The molecule has 182 valence electrons. The van der Waals surface area contributed by atoms with Crippen molar-refractivity contribution in [3.05, 3.63) is 95.2 Å². The first kappa shape index (κ1) is 27.2. The van der Waals surface area contributed by atoms with Crippen molar-refractivity contribution in [1.82, 2.24) is 14.9 Å². The number of nitrogens with zero attached hydrogens (tertiary/aromatic N) is 3. The molecule has 0 atom stereocenters. The number of anilines is 2. The quantitative estimate of drug-likeness (QED) is 0.146. The molecule has 0 bridgehead atoms. The minimum Gasteiger partial charge on any atom is -0.337 e. The van der Waals surface area contributed by atoms with Crippen LogP contribution < -0.4 is 5.32 Å². The van der Waals surface area contributed by atoms with E-state index in [2.05, 4.69) is 47.7 Å². The molecule has 3 aromatic carbocycles. The van der Waals surface area contributed by atoms with Crippen LogP contribution in [-0.2, 0) is 6.54 Å². The molecule has 0 unspecified atom stereocenters. The van der Waals surface area contributed by atoms with Gasteiger partial charge >= 0.3 is 0 Å². The van der Waals surface area contributed by atoms with E-state index in [0.29, 0.717) is 29.9 Å². The van der Waals surface area contributed by atoms with Crippen LogP contribution in [0.5, 0.6) is 0 Å². The smallest absolute Gasteiger partial charge is 0.254 e. The summed E-state index contributed by atoms with van der Waals surface area (Å²) in [6.07, 6.45) is 2.48. The molecule has 1 amide bonds. The number of amides is 1. The fourth-order valence-electron chi connectivity index (χ4n) is 3.42. The third kappa shape index (κ3) is 7.06. The number of fused-ring (bicyclic) bond motifs is 1. The average molecular weight is 609 g/mol. The number of hydrogen-bond donors (Lipinski definition) is 1. The molecule has 1 aromatic heterocycles. The number of halogens is 1. The molecule has 1 heterocycles. The van der Waals surface area contributed by atoms with Crippen LogP contribution in [0.25, 0.3) is 10.9 Å². The number of carbonyl (C=O) groups is 2. The van der Waals surface area contributed by atoms with Crippen molar-refractivity contribution in [2.75, 3.05) is 12.4 Å². The lowest BCUT2D eigenvalue weighted by atomic mass is 10.1. The Hall–Kier alpha value is -3.42. The predicted octanol–water partition coefficient (Wildman–Crippen LogP) is 6.88. The summed E-state index contributed by atoms with van der Waals surface area (Å²) in [5, 5.41) is 7.11. The van der Waals surface area contributed by atoms with Crippen molar-refractivity contribution in [2.45, 2.75) is 20.4 Å². The molecule has 0 fully saturated rings. The zero-order valence-electron chi connectivity index (χ0n) is 20.2. The molecule has 0 spiro atoms. The molecule has 6 nitrogen and oxygen atoms in total. The van der Waals surface area contributed by atoms with Gasteiger partial charge in [-0.1, -0.05) is 50.1 Å². The Kier molecular flexibility index (Phi) is 10.3. The largest absolute Gasteiger partial charge is 0.337 e. The van der Waals surface area contributed by atoms with Gasteiger partial charge in [0.25, 0.3) is 5.91 Å². The maximum atomic E-state index is 12.7. The van der Waals surface area contributed by atoms with Gasteiger partial charge in [0.15, 0.2) is 6.29 Å². The van der Waals surface area contributed by atoms with E-state index in [-0.39, 0.29) is 5.91 Å². The zero-order chi connectivity index (χ0) is 25.9. The van der Waals surface area contributed by atoms with Crippen LogP contribution in [-0.4, -0.2) is 34.1 Å². The van der Waals surface area contributed by atoms with Gasteiger partial charge in [-0.25, -0.2) is 9.97 Å². The lowest BCUT2D eigenvalue weighted by Gasteiger charge is -2.18. The summed E-state index contributed by atoms with van der Waals surface area (Å²) < 4.78 is 0. The number of nitrogens with one attached hydrogen (secondary N) is 1. The SMILES string of the molecule is CC.CN(Cc1ccc(Nc2ncc3cc(C#CSI)ccc3n2)cc1)C(=O)c1ccccc1C=O. The summed E-state index contributed by atoms with van der Waals surface area (Å²) in [6.45, 7) is 4.42. The Bertz CT molecular complexity index is 1410. The normalized spacial score (nSPS) is 9.89. The highest BCUT2D eigenvalue weighted by Crippen LogP contribution is 2.19. The lowest BCUT2D eigenvalue weighted by Crippen LogP contribution is -2.27. The number of benzene rings is 3. The van der Waals surface area contributed by atoms with Crippen LogP contribution in [0.4, 0.5) is 11.6 Å². The second-order valence-electron chi connectivity index (χ2n) is 7.46. The molecule has 0 aliphatic heterocycles. The van der Waals surface area contributed by atoms with Crippen LogP contribution in [0, 0.1) is 11.2 Å². The van der Waals surface area contributed by atoms with E-state index in [4.69, 9.17) is 0 Å². The fraction of sp³-hybridized carbons (Fsp3) is 0.143. The number of aldehydes is 1. The standard InChI is InChI=1S/C26H19IN4O2S.C2H6/c1-31(25(33)23-5-3-2-4-20(23)17-32)16-19-6-9-22(10-7-19)29-26-28-15-21-14-18(12-13-34-27)8-11-24(21)30-26;1-2/h2-11,14-15,17H,16H2,1H3,(H,28,29,30);1-2H3. The molecule has 36 heavy (non-hydrogen) atoms. The molecule has 0 radical (unpaired) electrons. The lowest BCUT2D eigenvalue weighted by molar-refractivity contribution is 0.0782. The van der Waals surface area contributed by atoms with Crippen LogP contribution in [0.1, 0.15) is 45.7 Å². The van der Waals surface area contributed by atoms with Crippen molar-refractivity contribution in [2.24, 2.45) is 0 Å². The average Bonchev–Trinajstić information content (AvgIpc) is 2.93. The van der Waals surface area contributed by atoms with E-state index < -0.39 is 0 Å². The second-order valence-corrected chi connectivity index (χ2v) is 9.14. The molecule has 0 aliphatic carbocycles. The summed E-state index contributed by atoms with van der Waals surface area (Å²) in [5.41, 5.74) is 4.34. The third-order valence-corrected chi connectivity index (χ3v) is 5.95. The van der Waals surface area contributed by atoms with Crippen LogP contribution in [0.2, 0.25) is 0 Å². The first-order chi connectivity index (χ1) is 17.6. The van der Waals surface area contributed by atoms with Gasteiger partial charge < -0.3 is 10.2 Å². The van der Waals surface area contributed by atoms with Crippen molar-refractivity contribution < 1.29 is 9.59 Å². The van der Waals surface area contributed by atoms with Crippen molar-refractivity contribution in [3.8, 4) is 11.2 Å². The molecule has 0 aliphatic rings. The Balaban J connectivity index is 0.00000176. The van der Waals surface area contributed by atoms with Gasteiger partial charge in [0.2, 0.25) is 5.95 Å². The monoisotopic (exact) mass is 608 g/mol. The topological polar surface area (TPSA) is 75.2 Å². The molecule has 4 rings (SSSR count). The molecule has 0 saturated heterocycles. The minimum absolute atomic E-state index is 0.198. The van der Waals surface area contributed by atoms with Gasteiger partial charge in [0, 0.05) is 63.2 Å². The maximum Gasteiger partial charge on any atom is 0.254 e. The Morgan fingerprint density at radius 3 is 2.58 bits per heavy atom. The second kappa shape index (κ2) is 13.6. The van der Waals surface area contributed by atoms with E-state index in [1.54, 1.807) is 42.4 Å². The number of hydrogen-bond acceptors (Lipinski definition) is 6. The van der Waals surface area contributed by atoms with Gasteiger partial charge in [-0.2, -0.15) is 0 Å². The molecule has 1 N–H and O–H groups in total. The summed E-state index contributed by atoms with van der Waals surface area (Å²) >= 11 is 2.14. The summed E-state index contributed by atoms with van der Waals surface area (Å²) in [5.74, 6) is 3.38. The number of aromatic nitrogens is 2. The van der Waals surface area contributed by atoms with E-state index in [1.807, 2.05) is 56.3 Å². The van der Waals surface area contributed by atoms with Gasteiger partial charge in [0.05, 0.1) is 11.1 Å². The molecule has 4 aromatic rings. The van der Waals surface area contributed by atoms with Crippen molar-refractivity contribution >= 4 is 64.9 Å². The Labute approximate surface area is 227 Å². The third-order valence-electron chi connectivity index (χ3n) is 5.11. The van der Waals surface area contributed by atoms with E-state index in [0.717, 1.165) is 27.7 Å². The van der Waals surface area contributed by atoms with Crippen molar-refractivity contribution in [1.29, 1.82) is 0 Å². The van der Waals surface area contributed by atoms with Gasteiger partial charge in [-0.3, -0.25) is 9.59 Å². The highest BCUT2D eigenvalue weighted by Gasteiger charge is 2.15. The first-order valence-corrected chi connectivity index (χ1v) is 14.6. The highest BCUT2D eigenvalue weighted by molar-refractivity contribution is 14.2. The zero-order valence-corrected chi connectivity index (χ0v) is 23.1. The van der Waals surface area contributed by atoms with E-state index in [9.17, 15) is 9.59 Å². The summed E-state index contributed by atoms with van der Waals surface area (Å²) in [6, 6.07) is 20.4. The van der Waals surface area contributed by atoms with Crippen molar-refractivity contribution in [3.63, 3.8) is 0 Å². The van der Waals surface area contributed by atoms with Gasteiger partial charge in [-0.15, -0.1) is 0 Å². The Morgan fingerprint density at radius 1 is 1.11 bits per heavy atom. The minimum atomic E-state index is -0.198. The predicted molar refractivity (Wildman–Crippen MR) is 157 cm³/mol. The van der Waals surface area contributed by atoms with Crippen LogP contribution in [0.3, 0.4) is 0 Å². The van der Waals surface area contributed by atoms with Gasteiger partial charge in [-0.05, 0) is 56.1 Å². The van der Waals surface area contributed by atoms with E-state index in [1.165, 1.54) is 8.93 Å². The van der Waals surface area contributed by atoms with Crippen LogP contribution in [0.15, 0.2) is 72.9 Å². The van der Waals surface area contributed by atoms with E-state index >= 15 is 0 Å². The molecular formula is C28H25IN4O2S. The van der Waals surface area contributed by atoms with Crippen LogP contribution >= 0.6 is 30.1 Å². The molecular weight excluding hydrogens is 583 g/mol. The summed E-state index contributed by atoms with van der Waals surface area (Å²) in [7, 11) is 3.17. The summed E-state index contributed by atoms with van der Waals surface area (Å²) in [4.78, 5) is 34.6. The maximum absolute atomic E-state index is 12.7. The molecule has 8 heteroatoms.